The highest BCUT2D eigenvalue weighted by atomic mass is 19.3. The number of hydrogen-bond acceptors (Lipinski definition) is 4. The molecule has 0 aromatic carbocycles. The fourth-order valence-electron chi connectivity index (χ4n) is 1.16. The Labute approximate surface area is 90.5 Å². The first-order valence-electron chi connectivity index (χ1n) is 4.29. The van der Waals surface area contributed by atoms with Crippen LogP contribution in [0.5, 0.6) is 0 Å². The van der Waals surface area contributed by atoms with Crippen molar-refractivity contribution in [2.45, 2.75) is 13.3 Å². The summed E-state index contributed by atoms with van der Waals surface area (Å²) in [6.45, 7) is 1.46. The quantitative estimate of drug-likeness (QED) is 0.723. The first-order valence-corrected chi connectivity index (χ1v) is 4.29. The van der Waals surface area contributed by atoms with Crippen LogP contribution in [0.3, 0.4) is 0 Å². The third kappa shape index (κ3) is 2.14. The number of methoxy groups -OCH3 is 1. The molecule has 0 unspecified atom stereocenters. The van der Waals surface area contributed by atoms with Crippen molar-refractivity contribution in [3.63, 3.8) is 0 Å². The lowest BCUT2D eigenvalue weighted by atomic mass is 10.1. The van der Waals surface area contributed by atoms with Crippen LogP contribution in [0, 0.1) is 18.3 Å². The lowest BCUT2D eigenvalue weighted by Gasteiger charge is -2.08. The van der Waals surface area contributed by atoms with E-state index in [-0.39, 0.29) is 11.3 Å². The summed E-state index contributed by atoms with van der Waals surface area (Å²) in [5.74, 6) is -0.942. The molecule has 0 aliphatic heterocycles. The van der Waals surface area contributed by atoms with Crippen LogP contribution in [0.1, 0.15) is 33.7 Å². The summed E-state index contributed by atoms with van der Waals surface area (Å²) >= 11 is 0. The molecule has 0 aliphatic rings. The Bertz CT molecular complexity index is 467. The SMILES string of the molecule is COC(=O)c1nc(C)c(C#N)cc1C(F)F. The summed E-state index contributed by atoms with van der Waals surface area (Å²) in [6, 6.07) is 2.68. The van der Waals surface area contributed by atoms with Gasteiger partial charge in [-0.2, -0.15) is 5.26 Å². The molecular weight excluding hydrogens is 218 g/mol. The van der Waals surface area contributed by atoms with Crippen LogP contribution in [0.25, 0.3) is 0 Å². The predicted octanol–water partition coefficient (Wildman–Crippen LogP) is 1.99. The molecule has 1 heterocycles. The number of ether oxygens (including phenoxy) is 1. The number of esters is 1. The fraction of sp³-hybridized carbons (Fsp3) is 0.300. The highest BCUT2D eigenvalue weighted by Crippen LogP contribution is 2.24. The van der Waals surface area contributed by atoms with E-state index < -0.39 is 23.7 Å². The van der Waals surface area contributed by atoms with E-state index in [0.29, 0.717) is 0 Å². The average molecular weight is 226 g/mol. The number of nitrogens with zero attached hydrogens (tertiary/aromatic N) is 2. The smallest absolute Gasteiger partial charge is 0.357 e. The van der Waals surface area contributed by atoms with E-state index in [4.69, 9.17) is 5.26 Å². The largest absolute Gasteiger partial charge is 0.464 e. The van der Waals surface area contributed by atoms with Crippen molar-refractivity contribution in [3.8, 4) is 6.07 Å². The Morgan fingerprint density at radius 1 is 1.62 bits per heavy atom. The zero-order chi connectivity index (χ0) is 12.3. The van der Waals surface area contributed by atoms with Crippen LogP contribution in [0.2, 0.25) is 0 Å². The van der Waals surface area contributed by atoms with Crippen molar-refractivity contribution in [1.82, 2.24) is 4.98 Å². The predicted molar refractivity (Wildman–Crippen MR) is 50.0 cm³/mol. The van der Waals surface area contributed by atoms with Gasteiger partial charge in [-0.1, -0.05) is 0 Å². The zero-order valence-electron chi connectivity index (χ0n) is 8.62. The molecule has 0 amide bonds. The second-order valence-corrected chi connectivity index (χ2v) is 2.96. The molecule has 0 bridgehead atoms. The van der Waals surface area contributed by atoms with Gasteiger partial charge >= 0.3 is 5.97 Å². The summed E-state index contributed by atoms with van der Waals surface area (Å²) in [5.41, 5.74) is -0.807. The monoisotopic (exact) mass is 226 g/mol. The van der Waals surface area contributed by atoms with Gasteiger partial charge < -0.3 is 4.74 Å². The van der Waals surface area contributed by atoms with Gasteiger partial charge in [0.2, 0.25) is 0 Å². The van der Waals surface area contributed by atoms with E-state index in [1.54, 1.807) is 6.07 Å². The molecule has 0 saturated carbocycles. The molecule has 0 aliphatic carbocycles. The van der Waals surface area contributed by atoms with Crippen molar-refractivity contribution in [1.29, 1.82) is 5.26 Å². The molecular formula is C10H8F2N2O2. The number of nitriles is 1. The third-order valence-corrected chi connectivity index (χ3v) is 1.98. The van der Waals surface area contributed by atoms with E-state index in [1.165, 1.54) is 6.92 Å². The van der Waals surface area contributed by atoms with Crippen LogP contribution < -0.4 is 0 Å². The molecule has 84 valence electrons. The van der Waals surface area contributed by atoms with Crippen LogP contribution in [-0.4, -0.2) is 18.1 Å². The summed E-state index contributed by atoms with van der Waals surface area (Å²) in [7, 11) is 1.08. The normalized spacial score (nSPS) is 10.0. The lowest BCUT2D eigenvalue weighted by molar-refractivity contribution is 0.0581. The number of aromatic nitrogens is 1. The first-order chi connectivity index (χ1) is 7.51. The Hall–Kier alpha value is -2.03. The van der Waals surface area contributed by atoms with E-state index >= 15 is 0 Å². The van der Waals surface area contributed by atoms with Crippen LogP contribution in [0.4, 0.5) is 8.78 Å². The Balaban J connectivity index is 3.43. The van der Waals surface area contributed by atoms with Crippen molar-refractivity contribution in [2.75, 3.05) is 7.11 Å². The molecule has 0 saturated heterocycles. The number of halogens is 2. The lowest BCUT2D eigenvalue weighted by Crippen LogP contribution is -2.11. The fourth-order valence-corrected chi connectivity index (χ4v) is 1.16. The van der Waals surface area contributed by atoms with Crippen molar-refractivity contribution >= 4 is 5.97 Å². The second-order valence-electron chi connectivity index (χ2n) is 2.96. The van der Waals surface area contributed by atoms with Crippen LogP contribution >= 0.6 is 0 Å². The van der Waals surface area contributed by atoms with E-state index in [2.05, 4.69) is 9.72 Å². The van der Waals surface area contributed by atoms with Crippen molar-refractivity contribution < 1.29 is 18.3 Å². The van der Waals surface area contributed by atoms with Crippen LogP contribution in [0.15, 0.2) is 6.07 Å². The molecule has 1 rings (SSSR count). The minimum absolute atomic E-state index is 0.0166. The Kier molecular flexibility index (Phi) is 3.51. The molecule has 0 N–H and O–H groups in total. The number of rotatable bonds is 2. The maximum Gasteiger partial charge on any atom is 0.357 e. The molecule has 1 aromatic rings. The zero-order valence-corrected chi connectivity index (χ0v) is 8.62. The molecule has 4 nitrogen and oxygen atoms in total. The number of aryl methyl sites for hydroxylation is 1. The highest BCUT2D eigenvalue weighted by Gasteiger charge is 2.22. The van der Waals surface area contributed by atoms with Gasteiger partial charge in [0.25, 0.3) is 6.43 Å². The van der Waals surface area contributed by atoms with Gasteiger partial charge in [0.15, 0.2) is 5.69 Å². The minimum Gasteiger partial charge on any atom is -0.464 e. The third-order valence-electron chi connectivity index (χ3n) is 1.98. The van der Waals surface area contributed by atoms with E-state index in [9.17, 15) is 13.6 Å². The summed E-state index contributed by atoms with van der Waals surface area (Å²) in [6.07, 6.45) is -2.88. The molecule has 0 spiro atoms. The molecule has 1 aromatic heterocycles. The second kappa shape index (κ2) is 4.66. The van der Waals surface area contributed by atoms with Crippen molar-refractivity contribution in [3.05, 3.63) is 28.6 Å². The molecule has 0 atom stereocenters. The van der Waals surface area contributed by atoms with E-state index in [0.717, 1.165) is 13.2 Å². The number of alkyl halides is 2. The molecule has 0 radical (unpaired) electrons. The van der Waals surface area contributed by atoms with Crippen LogP contribution in [-0.2, 0) is 4.74 Å². The topological polar surface area (TPSA) is 63.0 Å². The summed E-state index contributed by atoms with van der Waals surface area (Å²) in [4.78, 5) is 14.8. The number of pyridine rings is 1. The number of carbonyl (C=O) groups excluding carboxylic acids is 1. The van der Waals surface area contributed by atoms with E-state index in [1.807, 2.05) is 0 Å². The highest BCUT2D eigenvalue weighted by molar-refractivity contribution is 5.89. The maximum absolute atomic E-state index is 12.6. The average Bonchev–Trinajstić information content (AvgIpc) is 2.27. The van der Waals surface area contributed by atoms with Gasteiger partial charge in [-0.05, 0) is 13.0 Å². The van der Waals surface area contributed by atoms with Gasteiger partial charge in [0.1, 0.15) is 6.07 Å². The Morgan fingerprint density at radius 2 is 2.25 bits per heavy atom. The van der Waals surface area contributed by atoms with Gasteiger partial charge in [0, 0.05) is 0 Å². The maximum atomic E-state index is 12.6. The molecule has 6 heteroatoms. The van der Waals surface area contributed by atoms with Gasteiger partial charge in [0.05, 0.1) is 23.9 Å². The van der Waals surface area contributed by atoms with Gasteiger partial charge in [-0.3, -0.25) is 0 Å². The standard InChI is InChI=1S/C10H8F2N2O2/c1-5-6(4-13)3-7(9(11)12)8(14-5)10(15)16-2/h3,9H,1-2H3. The Morgan fingerprint density at radius 3 is 2.69 bits per heavy atom. The first kappa shape index (κ1) is 12.0. The number of hydrogen-bond donors (Lipinski definition) is 0. The summed E-state index contributed by atoms with van der Waals surface area (Å²) < 4.78 is 29.6. The van der Waals surface area contributed by atoms with Gasteiger partial charge in [-0.25, -0.2) is 18.6 Å². The molecule has 0 fully saturated rings. The summed E-state index contributed by atoms with van der Waals surface area (Å²) in [5, 5.41) is 8.66. The van der Waals surface area contributed by atoms with Gasteiger partial charge in [-0.15, -0.1) is 0 Å². The minimum atomic E-state index is -2.88. The van der Waals surface area contributed by atoms with Crippen molar-refractivity contribution in [2.24, 2.45) is 0 Å². The number of carbonyl (C=O) groups is 1. The molecule has 16 heavy (non-hydrogen) atoms.